The Labute approximate surface area is 105 Å². The molecule has 1 aromatic heterocycles. The lowest BCUT2D eigenvalue weighted by Crippen LogP contribution is -2.11. The minimum absolute atomic E-state index is 0.475. The fourth-order valence-corrected chi connectivity index (χ4v) is 1.55. The van der Waals surface area contributed by atoms with Crippen LogP contribution in [0.15, 0.2) is 42.6 Å². The Morgan fingerprint density at radius 2 is 2.11 bits per heavy atom. The van der Waals surface area contributed by atoms with Crippen LogP contribution in [0.1, 0.15) is 5.69 Å². The Kier molecular flexibility index (Phi) is 3.86. The van der Waals surface area contributed by atoms with Gasteiger partial charge in [-0.3, -0.25) is 5.32 Å². The molecule has 0 saturated carbocycles. The normalized spacial score (nSPS) is 9.83. The van der Waals surface area contributed by atoms with E-state index in [0.717, 1.165) is 11.4 Å². The molecule has 0 atom stereocenters. The van der Waals surface area contributed by atoms with Crippen molar-refractivity contribution in [2.75, 3.05) is 17.7 Å². The molecule has 0 spiro atoms. The minimum Gasteiger partial charge on any atom is -0.453 e. The van der Waals surface area contributed by atoms with Crippen LogP contribution in [0.25, 0.3) is 0 Å². The number of carbonyl (C=O) groups is 1. The molecule has 94 valence electrons. The molecule has 5 nitrogen and oxygen atoms in total. The summed E-state index contributed by atoms with van der Waals surface area (Å²) in [6.45, 7) is 0.703. The van der Waals surface area contributed by atoms with Gasteiger partial charge in [0.05, 0.1) is 13.7 Å². The maximum absolute atomic E-state index is 11.1. The van der Waals surface area contributed by atoms with Crippen LogP contribution in [0.2, 0.25) is 0 Å². The average molecular weight is 245 g/mol. The Bertz CT molecular complexity index is 509. The zero-order chi connectivity index (χ0) is 12.8. The second kappa shape index (κ2) is 5.77. The summed E-state index contributed by atoms with van der Waals surface area (Å²) in [6.07, 6.45) is 1.41. The number of hydrogen-bond donors (Lipinski definition) is 3. The summed E-state index contributed by atoms with van der Waals surface area (Å²) in [5.74, 6) is 0. The molecule has 2 rings (SSSR count). The van der Waals surface area contributed by atoms with E-state index < -0.39 is 6.09 Å². The highest BCUT2D eigenvalue weighted by Crippen LogP contribution is 2.15. The molecule has 0 unspecified atom stereocenters. The van der Waals surface area contributed by atoms with Crippen LogP contribution in [-0.2, 0) is 11.3 Å². The van der Waals surface area contributed by atoms with Crippen molar-refractivity contribution in [2.45, 2.75) is 6.54 Å². The maximum Gasteiger partial charge on any atom is 0.411 e. The van der Waals surface area contributed by atoms with E-state index in [2.05, 4.69) is 20.4 Å². The number of anilines is 2. The fourth-order valence-electron chi connectivity index (χ4n) is 1.55. The molecule has 1 aromatic carbocycles. The number of ether oxygens (including phenoxy) is 1. The molecule has 18 heavy (non-hydrogen) atoms. The Morgan fingerprint density at radius 1 is 1.28 bits per heavy atom. The second-order valence-corrected chi connectivity index (χ2v) is 3.75. The monoisotopic (exact) mass is 245 g/mol. The van der Waals surface area contributed by atoms with Crippen LogP contribution in [0.3, 0.4) is 0 Å². The average Bonchev–Trinajstić information content (AvgIpc) is 2.90. The van der Waals surface area contributed by atoms with Gasteiger partial charge in [0, 0.05) is 23.3 Å². The van der Waals surface area contributed by atoms with E-state index in [-0.39, 0.29) is 0 Å². The summed E-state index contributed by atoms with van der Waals surface area (Å²) in [5.41, 5.74) is 2.72. The summed E-state index contributed by atoms with van der Waals surface area (Å²) >= 11 is 0. The predicted molar refractivity (Wildman–Crippen MR) is 70.6 cm³/mol. The number of nitrogens with one attached hydrogen (secondary N) is 3. The first-order valence-electron chi connectivity index (χ1n) is 5.59. The van der Waals surface area contributed by atoms with Crippen LogP contribution in [0, 0.1) is 0 Å². The van der Waals surface area contributed by atoms with E-state index in [0.29, 0.717) is 12.2 Å². The highest BCUT2D eigenvalue weighted by molar-refractivity contribution is 5.85. The zero-order valence-corrected chi connectivity index (χ0v) is 10.1. The van der Waals surface area contributed by atoms with E-state index >= 15 is 0 Å². The van der Waals surface area contributed by atoms with Crippen molar-refractivity contribution in [3.05, 3.63) is 48.3 Å². The number of H-pyrrole nitrogens is 1. The van der Waals surface area contributed by atoms with Gasteiger partial charge in [-0.25, -0.2) is 4.79 Å². The van der Waals surface area contributed by atoms with Gasteiger partial charge < -0.3 is 15.0 Å². The molecular formula is C13H15N3O2. The summed E-state index contributed by atoms with van der Waals surface area (Å²) in [5, 5.41) is 5.87. The lowest BCUT2D eigenvalue weighted by Gasteiger charge is -2.08. The van der Waals surface area contributed by atoms with Crippen LogP contribution >= 0.6 is 0 Å². The molecule has 0 bridgehead atoms. The number of hydrogen-bond acceptors (Lipinski definition) is 3. The van der Waals surface area contributed by atoms with Crippen molar-refractivity contribution in [2.24, 2.45) is 0 Å². The SMILES string of the molecule is COC(=O)Nc1cccc(NCc2ccc[nH]2)c1. The molecule has 0 aliphatic rings. The summed E-state index contributed by atoms with van der Waals surface area (Å²) in [4.78, 5) is 14.2. The maximum atomic E-state index is 11.1. The third-order valence-corrected chi connectivity index (χ3v) is 2.44. The molecule has 0 fully saturated rings. The Balaban J connectivity index is 1.96. The Morgan fingerprint density at radius 3 is 2.83 bits per heavy atom. The molecule has 1 heterocycles. The van der Waals surface area contributed by atoms with E-state index in [1.54, 1.807) is 6.07 Å². The van der Waals surface area contributed by atoms with Gasteiger partial charge in [-0.05, 0) is 30.3 Å². The van der Waals surface area contributed by atoms with E-state index in [4.69, 9.17) is 0 Å². The largest absolute Gasteiger partial charge is 0.453 e. The molecule has 0 saturated heterocycles. The fraction of sp³-hybridized carbons (Fsp3) is 0.154. The summed E-state index contributed by atoms with van der Waals surface area (Å²) in [6, 6.07) is 11.4. The number of carbonyl (C=O) groups excluding carboxylic acids is 1. The molecule has 5 heteroatoms. The molecule has 0 aliphatic carbocycles. The number of methoxy groups -OCH3 is 1. The minimum atomic E-state index is -0.475. The number of aromatic nitrogens is 1. The van der Waals surface area contributed by atoms with Crippen molar-refractivity contribution < 1.29 is 9.53 Å². The molecular weight excluding hydrogens is 230 g/mol. The van der Waals surface area contributed by atoms with Gasteiger partial charge in [0.25, 0.3) is 0 Å². The Hall–Kier alpha value is -2.43. The van der Waals surface area contributed by atoms with Gasteiger partial charge in [-0.2, -0.15) is 0 Å². The van der Waals surface area contributed by atoms with E-state index in [1.807, 2.05) is 36.5 Å². The van der Waals surface area contributed by atoms with E-state index in [1.165, 1.54) is 7.11 Å². The van der Waals surface area contributed by atoms with Crippen LogP contribution in [0.5, 0.6) is 0 Å². The number of benzene rings is 1. The molecule has 3 N–H and O–H groups in total. The molecule has 2 aromatic rings. The molecule has 0 radical (unpaired) electrons. The van der Waals surface area contributed by atoms with Crippen LogP contribution in [-0.4, -0.2) is 18.2 Å². The number of amides is 1. The van der Waals surface area contributed by atoms with Crippen molar-refractivity contribution in [3.8, 4) is 0 Å². The predicted octanol–water partition coefficient (Wildman–Crippen LogP) is 2.81. The topological polar surface area (TPSA) is 66.2 Å². The van der Waals surface area contributed by atoms with Gasteiger partial charge in [0.15, 0.2) is 0 Å². The first-order chi connectivity index (χ1) is 8.78. The third kappa shape index (κ3) is 3.28. The number of aromatic amines is 1. The molecule has 1 amide bonds. The van der Waals surface area contributed by atoms with Crippen LogP contribution < -0.4 is 10.6 Å². The second-order valence-electron chi connectivity index (χ2n) is 3.75. The van der Waals surface area contributed by atoms with Gasteiger partial charge >= 0.3 is 6.09 Å². The first kappa shape index (κ1) is 12.0. The highest BCUT2D eigenvalue weighted by Gasteiger charge is 2.01. The van der Waals surface area contributed by atoms with Gasteiger partial charge in [0.2, 0.25) is 0 Å². The third-order valence-electron chi connectivity index (χ3n) is 2.44. The molecule has 0 aliphatic heterocycles. The standard InChI is InChI=1S/C13H15N3O2/c1-18-13(17)16-11-5-2-4-10(8-11)15-9-12-6-3-7-14-12/h2-8,14-15H,9H2,1H3,(H,16,17). The lowest BCUT2D eigenvalue weighted by molar-refractivity contribution is 0.187. The first-order valence-corrected chi connectivity index (χ1v) is 5.59. The van der Waals surface area contributed by atoms with Gasteiger partial charge in [-0.1, -0.05) is 6.07 Å². The quantitative estimate of drug-likeness (QED) is 0.776. The summed E-state index contributed by atoms with van der Waals surface area (Å²) in [7, 11) is 1.34. The van der Waals surface area contributed by atoms with E-state index in [9.17, 15) is 4.79 Å². The van der Waals surface area contributed by atoms with Crippen molar-refractivity contribution >= 4 is 17.5 Å². The smallest absolute Gasteiger partial charge is 0.411 e. The van der Waals surface area contributed by atoms with Crippen molar-refractivity contribution in [1.82, 2.24) is 4.98 Å². The van der Waals surface area contributed by atoms with Gasteiger partial charge in [0.1, 0.15) is 0 Å². The summed E-state index contributed by atoms with van der Waals surface area (Å²) < 4.78 is 4.54. The van der Waals surface area contributed by atoms with Crippen molar-refractivity contribution in [1.29, 1.82) is 0 Å². The van der Waals surface area contributed by atoms with Crippen molar-refractivity contribution in [3.63, 3.8) is 0 Å². The zero-order valence-electron chi connectivity index (χ0n) is 10.1. The lowest BCUT2D eigenvalue weighted by atomic mass is 10.2. The van der Waals surface area contributed by atoms with Gasteiger partial charge in [-0.15, -0.1) is 0 Å². The highest BCUT2D eigenvalue weighted by atomic mass is 16.5. The number of rotatable bonds is 4. The van der Waals surface area contributed by atoms with Crippen LogP contribution in [0.4, 0.5) is 16.2 Å².